The molecule has 3 rings (SSSR count). The number of nitrogens with zero attached hydrogens (tertiary/aromatic N) is 4. The van der Waals surface area contributed by atoms with Gasteiger partial charge in [-0.15, -0.1) is 0 Å². The van der Waals surface area contributed by atoms with Crippen LogP contribution in [0.4, 0.5) is 11.4 Å². The summed E-state index contributed by atoms with van der Waals surface area (Å²) in [5, 5.41) is 9.89. The van der Waals surface area contributed by atoms with E-state index in [0.717, 1.165) is 11.4 Å². The average molecular weight is 652 g/mol. The summed E-state index contributed by atoms with van der Waals surface area (Å²) in [5.74, 6) is 0. The summed E-state index contributed by atoms with van der Waals surface area (Å²) < 4.78 is 1.37. The van der Waals surface area contributed by atoms with Crippen LogP contribution in [0.3, 0.4) is 0 Å². The Morgan fingerprint density at radius 3 is 1.12 bits per heavy atom. The van der Waals surface area contributed by atoms with Gasteiger partial charge in [-0.2, -0.15) is 10.2 Å². The highest BCUT2D eigenvalue weighted by Gasteiger charge is 2.16. The predicted octanol–water partition coefficient (Wildman–Crippen LogP) is 8.40. The topological polar surface area (TPSA) is 50.5 Å². The summed E-state index contributed by atoms with van der Waals surface area (Å²) in [6.45, 7) is 0. The zero-order chi connectivity index (χ0) is 19.1. The van der Waals surface area contributed by atoms with Gasteiger partial charge in [-0.05, 0) is 69.4 Å². The zero-order valence-corrected chi connectivity index (χ0v) is 20.0. The summed E-state index contributed by atoms with van der Waals surface area (Å²) in [6.07, 6.45) is 6.73. The second-order valence-corrected chi connectivity index (χ2v) is 8.16. The highest BCUT2D eigenvalue weighted by Crippen LogP contribution is 2.41. The Bertz CT molecular complexity index is 763. The van der Waals surface area contributed by atoms with Crippen LogP contribution in [0.15, 0.2) is 59.3 Å². The first-order valence-electron chi connectivity index (χ1n) is 6.80. The third kappa shape index (κ3) is 6.13. The molecule has 0 unspecified atom stereocenters. The molecule has 0 radical (unpaired) electrons. The van der Waals surface area contributed by atoms with E-state index >= 15 is 0 Å². The molecular formula is C16H8Cl4I2N4. The Hall–Kier alpha value is -0.260. The van der Waals surface area contributed by atoms with E-state index in [1.807, 2.05) is 45.2 Å². The molecule has 0 N–H and O–H groups in total. The van der Waals surface area contributed by atoms with Crippen LogP contribution in [0.25, 0.3) is 0 Å². The third-order valence-electron chi connectivity index (χ3n) is 2.76. The molecule has 1 aromatic carbocycles. The van der Waals surface area contributed by atoms with Gasteiger partial charge in [0.25, 0.3) is 0 Å². The summed E-state index contributed by atoms with van der Waals surface area (Å²) in [6, 6.07) is 7.19. The average Bonchev–Trinajstić information content (AvgIpc) is 2.70. The van der Waals surface area contributed by atoms with Gasteiger partial charge in [0.15, 0.2) is 0 Å². The number of azo groups is 1. The van der Waals surface area contributed by atoms with Crippen molar-refractivity contribution in [1.82, 2.24) is 9.97 Å². The summed E-state index contributed by atoms with van der Waals surface area (Å²) >= 11 is 27.5. The molecule has 3 aromatic rings. The van der Waals surface area contributed by atoms with Crippen LogP contribution >= 0.6 is 91.6 Å². The maximum atomic E-state index is 5.87. The van der Waals surface area contributed by atoms with Gasteiger partial charge in [0.05, 0.1) is 38.6 Å². The van der Waals surface area contributed by atoms with Gasteiger partial charge in [-0.1, -0.05) is 46.4 Å². The van der Waals surface area contributed by atoms with Crippen LogP contribution in [0.1, 0.15) is 0 Å². The van der Waals surface area contributed by atoms with E-state index < -0.39 is 0 Å². The third-order valence-corrected chi connectivity index (χ3v) is 7.90. The van der Waals surface area contributed by atoms with Gasteiger partial charge >= 0.3 is 0 Å². The molecule has 2 heterocycles. The van der Waals surface area contributed by atoms with E-state index in [1.54, 1.807) is 49.1 Å². The van der Waals surface area contributed by atoms with E-state index in [-0.39, 0.29) is 0 Å². The molecule has 26 heavy (non-hydrogen) atoms. The van der Waals surface area contributed by atoms with E-state index in [1.165, 1.54) is 0 Å². The van der Waals surface area contributed by atoms with Crippen LogP contribution in [0.5, 0.6) is 0 Å². The molecule has 0 fully saturated rings. The molecule has 0 aliphatic heterocycles. The van der Waals surface area contributed by atoms with Crippen molar-refractivity contribution in [3.05, 3.63) is 76.3 Å². The summed E-state index contributed by atoms with van der Waals surface area (Å²) in [5.41, 5.74) is 1.58. The molecule has 0 spiro atoms. The van der Waals surface area contributed by atoms with Gasteiger partial charge in [-0.3, -0.25) is 9.97 Å². The normalized spacial score (nSPS) is 10.5. The Morgan fingerprint density at radius 1 is 0.577 bits per heavy atom. The molecule has 134 valence electrons. The minimum atomic E-state index is 0.455. The fourth-order valence-corrected chi connectivity index (χ4v) is 4.08. The highest BCUT2D eigenvalue weighted by molar-refractivity contribution is 14.1. The predicted molar refractivity (Wildman–Crippen MR) is 125 cm³/mol. The van der Waals surface area contributed by atoms with Gasteiger partial charge in [0.2, 0.25) is 0 Å². The maximum Gasteiger partial charge on any atom is 0.0887 e. The first kappa shape index (κ1) is 22.0. The van der Waals surface area contributed by atoms with E-state index in [9.17, 15) is 0 Å². The number of hydrogen-bond donors (Lipinski definition) is 0. The summed E-state index contributed by atoms with van der Waals surface area (Å²) in [4.78, 5) is 7.78. The van der Waals surface area contributed by atoms with Crippen LogP contribution in [0, 0.1) is 7.14 Å². The monoisotopic (exact) mass is 650 g/mol. The second kappa shape index (κ2) is 10.9. The molecule has 0 saturated heterocycles. The van der Waals surface area contributed by atoms with Crippen molar-refractivity contribution in [2.45, 2.75) is 0 Å². The smallest absolute Gasteiger partial charge is 0.0887 e. The van der Waals surface area contributed by atoms with Crippen molar-refractivity contribution < 1.29 is 0 Å². The lowest BCUT2D eigenvalue weighted by atomic mass is 10.3. The Labute approximate surface area is 197 Å². The lowest BCUT2D eigenvalue weighted by Crippen LogP contribution is -1.86. The van der Waals surface area contributed by atoms with Crippen molar-refractivity contribution in [3.63, 3.8) is 0 Å². The zero-order valence-electron chi connectivity index (χ0n) is 12.7. The van der Waals surface area contributed by atoms with E-state index in [2.05, 4.69) is 20.2 Å². The molecule has 0 aliphatic carbocycles. The Kier molecular flexibility index (Phi) is 9.25. The van der Waals surface area contributed by atoms with Crippen LogP contribution in [-0.2, 0) is 0 Å². The molecule has 2 aromatic heterocycles. The fourth-order valence-electron chi connectivity index (χ4n) is 1.52. The Morgan fingerprint density at radius 2 is 0.846 bits per heavy atom. The van der Waals surface area contributed by atoms with E-state index in [4.69, 9.17) is 46.4 Å². The standard InChI is InChI=1S/C10H8N4.C6Cl4I2/c1-5-11-6-2-9(1)13-14-10-3-7-12-8-4-10;7-1-2(8)6(12)4(10)3(9)5(1)11/h1-8H;. The lowest BCUT2D eigenvalue weighted by Gasteiger charge is -2.06. The maximum absolute atomic E-state index is 5.87. The second-order valence-electron chi connectivity index (χ2n) is 4.49. The van der Waals surface area contributed by atoms with Crippen molar-refractivity contribution in [2.75, 3.05) is 0 Å². The summed E-state index contributed by atoms with van der Waals surface area (Å²) in [7, 11) is 0. The van der Waals surface area contributed by atoms with Gasteiger partial charge in [0.1, 0.15) is 0 Å². The number of rotatable bonds is 2. The largest absolute Gasteiger partial charge is 0.265 e. The van der Waals surface area contributed by atoms with Crippen LogP contribution in [-0.4, -0.2) is 9.97 Å². The van der Waals surface area contributed by atoms with Crippen LogP contribution in [0.2, 0.25) is 20.1 Å². The first-order chi connectivity index (χ1) is 12.4. The molecule has 10 heteroatoms. The van der Waals surface area contributed by atoms with Gasteiger partial charge in [-0.25, -0.2) is 0 Å². The SMILES string of the molecule is Clc1c(Cl)c(I)c(Cl)c(Cl)c1I.c1cc(N=Nc2ccncc2)ccn1. The van der Waals surface area contributed by atoms with Gasteiger partial charge < -0.3 is 0 Å². The van der Waals surface area contributed by atoms with Crippen molar-refractivity contribution >= 4 is 103 Å². The number of benzene rings is 1. The molecular weight excluding hydrogens is 644 g/mol. The quantitative estimate of drug-likeness (QED) is 0.121. The number of hydrogen-bond acceptors (Lipinski definition) is 4. The van der Waals surface area contributed by atoms with E-state index in [0.29, 0.717) is 27.2 Å². The Balaban J connectivity index is 0.000000190. The molecule has 4 nitrogen and oxygen atoms in total. The number of halogens is 6. The first-order valence-corrected chi connectivity index (χ1v) is 10.5. The minimum Gasteiger partial charge on any atom is -0.265 e. The van der Waals surface area contributed by atoms with Gasteiger partial charge in [0, 0.05) is 24.8 Å². The molecule has 0 saturated carbocycles. The van der Waals surface area contributed by atoms with Crippen molar-refractivity contribution in [1.29, 1.82) is 0 Å². The fraction of sp³-hybridized carbons (Fsp3) is 0. The number of aromatic nitrogens is 2. The highest BCUT2D eigenvalue weighted by atomic mass is 127. The minimum absolute atomic E-state index is 0.455. The van der Waals surface area contributed by atoms with Crippen molar-refractivity contribution in [2.24, 2.45) is 10.2 Å². The number of pyridine rings is 2. The van der Waals surface area contributed by atoms with Crippen molar-refractivity contribution in [3.8, 4) is 0 Å². The molecule has 0 amide bonds. The molecule has 0 atom stereocenters. The lowest BCUT2D eigenvalue weighted by molar-refractivity contribution is 1.19. The molecule has 0 aliphatic rings. The molecule has 0 bridgehead atoms. The van der Waals surface area contributed by atoms with Crippen LogP contribution < -0.4 is 0 Å².